The van der Waals surface area contributed by atoms with Crippen LogP contribution < -0.4 is 10.6 Å². The van der Waals surface area contributed by atoms with Crippen molar-refractivity contribution in [1.82, 2.24) is 5.32 Å². The van der Waals surface area contributed by atoms with Crippen molar-refractivity contribution in [2.45, 2.75) is 26.9 Å². The highest BCUT2D eigenvalue weighted by Gasteiger charge is 2.20. The number of anilines is 1. The molecule has 0 radical (unpaired) electrons. The Kier molecular flexibility index (Phi) is 7.48. The minimum absolute atomic E-state index is 0.0308. The van der Waals surface area contributed by atoms with Crippen LogP contribution in [0.15, 0.2) is 36.4 Å². The topological polar surface area (TPSA) is 128 Å². The Balaban J connectivity index is 1.87. The van der Waals surface area contributed by atoms with Gasteiger partial charge >= 0.3 is 5.97 Å². The molecule has 0 aromatic heterocycles. The summed E-state index contributed by atoms with van der Waals surface area (Å²) in [4.78, 5) is 46.3. The number of hydrogen-bond acceptors (Lipinski definition) is 6. The first-order chi connectivity index (χ1) is 14.1. The number of halogens is 1. The summed E-state index contributed by atoms with van der Waals surface area (Å²) in [5, 5.41) is 15.5. The predicted octanol–water partition coefficient (Wildman–Crippen LogP) is 3.17. The molecule has 0 saturated heterocycles. The second kappa shape index (κ2) is 9.84. The van der Waals surface area contributed by atoms with Gasteiger partial charge in [0.25, 0.3) is 17.5 Å². The fourth-order valence-electron chi connectivity index (χ4n) is 2.38. The summed E-state index contributed by atoms with van der Waals surface area (Å²) in [6.07, 6.45) is -1.18. The molecule has 2 N–H and O–H groups in total. The minimum Gasteiger partial charge on any atom is -0.451 e. The number of ether oxygens (including phenoxy) is 1. The van der Waals surface area contributed by atoms with Gasteiger partial charge in [-0.25, -0.2) is 0 Å². The molecule has 2 rings (SSSR count). The lowest BCUT2D eigenvalue weighted by Gasteiger charge is -2.14. The number of benzene rings is 2. The largest absolute Gasteiger partial charge is 0.451 e. The standard InChI is InChI=1S/C20H20ClN3O6/c1-11-4-5-14(8-12(11)2)20(27)22-10-18(25)30-13(3)19(26)23-17-7-6-15(24(28)29)9-16(17)21/h4-9,13H,10H2,1-3H3,(H,22,27)(H,23,26). The molecule has 2 amide bonds. The van der Waals surface area contributed by atoms with E-state index in [1.54, 1.807) is 18.2 Å². The van der Waals surface area contributed by atoms with Gasteiger partial charge in [-0.2, -0.15) is 0 Å². The highest BCUT2D eigenvalue weighted by molar-refractivity contribution is 6.34. The van der Waals surface area contributed by atoms with E-state index in [2.05, 4.69) is 10.6 Å². The van der Waals surface area contributed by atoms with Crippen molar-refractivity contribution in [3.8, 4) is 0 Å². The van der Waals surface area contributed by atoms with Crippen molar-refractivity contribution in [2.75, 3.05) is 11.9 Å². The van der Waals surface area contributed by atoms with E-state index in [0.717, 1.165) is 17.2 Å². The van der Waals surface area contributed by atoms with Gasteiger partial charge in [0.15, 0.2) is 6.10 Å². The number of carbonyl (C=O) groups is 3. The average Bonchev–Trinajstić information content (AvgIpc) is 2.69. The van der Waals surface area contributed by atoms with Gasteiger partial charge in [-0.1, -0.05) is 17.7 Å². The van der Waals surface area contributed by atoms with E-state index in [4.69, 9.17) is 16.3 Å². The quantitative estimate of drug-likeness (QED) is 0.392. The summed E-state index contributed by atoms with van der Waals surface area (Å²) in [5.41, 5.74) is 2.30. The summed E-state index contributed by atoms with van der Waals surface area (Å²) < 4.78 is 5.00. The molecule has 0 aliphatic heterocycles. The second-order valence-electron chi connectivity index (χ2n) is 6.52. The van der Waals surface area contributed by atoms with Gasteiger partial charge in [-0.3, -0.25) is 24.5 Å². The molecule has 0 heterocycles. The molecule has 1 atom stereocenters. The number of nitro benzene ring substituents is 1. The van der Waals surface area contributed by atoms with E-state index < -0.39 is 35.4 Å². The monoisotopic (exact) mass is 433 g/mol. The van der Waals surface area contributed by atoms with Crippen LogP contribution in [0.5, 0.6) is 0 Å². The highest BCUT2D eigenvalue weighted by Crippen LogP contribution is 2.26. The zero-order valence-corrected chi connectivity index (χ0v) is 17.3. The fraction of sp³-hybridized carbons (Fsp3) is 0.250. The maximum atomic E-state index is 12.2. The molecule has 9 nitrogen and oxygen atoms in total. The van der Waals surface area contributed by atoms with Crippen molar-refractivity contribution in [3.05, 3.63) is 68.2 Å². The maximum Gasteiger partial charge on any atom is 0.326 e. The van der Waals surface area contributed by atoms with Crippen LogP contribution in [-0.4, -0.2) is 35.4 Å². The van der Waals surface area contributed by atoms with Crippen molar-refractivity contribution >= 4 is 40.8 Å². The van der Waals surface area contributed by atoms with Gasteiger partial charge < -0.3 is 15.4 Å². The number of nitrogens with one attached hydrogen (secondary N) is 2. The molecule has 30 heavy (non-hydrogen) atoms. The van der Waals surface area contributed by atoms with Crippen LogP contribution >= 0.6 is 11.6 Å². The Morgan fingerprint density at radius 3 is 2.43 bits per heavy atom. The van der Waals surface area contributed by atoms with E-state index in [1.165, 1.54) is 19.1 Å². The van der Waals surface area contributed by atoms with E-state index in [1.807, 2.05) is 13.8 Å². The Hall–Kier alpha value is -3.46. The van der Waals surface area contributed by atoms with Crippen LogP contribution in [0.4, 0.5) is 11.4 Å². The molecular formula is C20H20ClN3O6. The van der Waals surface area contributed by atoms with Crippen LogP contribution in [0.1, 0.15) is 28.4 Å². The predicted molar refractivity (Wildman–Crippen MR) is 111 cm³/mol. The lowest BCUT2D eigenvalue weighted by atomic mass is 10.1. The maximum absolute atomic E-state index is 12.2. The highest BCUT2D eigenvalue weighted by atomic mass is 35.5. The Bertz CT molecular complexity index is 1010. The number of non-ortho nitro benzene ring substituents is 1. The number of amides is 2. The third kappa shape index (κ3) is 6.02. The van der Waals surface area contributed by atoms with Gasteiger partial charge in [0.1, 0.15) is 6.54 Å². The summed E-state index contributed by atoms with van der Waals surface area (Å²) in [5.74, 6) is -1.92. The molecular weight excluding hydrogens is 414 g/mol. The molecule has 0 aliphatic carbocycles. The number of carbonyl (C=O) groups excluding carboxylic acids is 3. The molecule has 1 unspecified atom stereocenters. The van der Waals surface area contributed by atoms with Gasteiger partial charge in [0.05, 0.1) is 15.6 Å². The van der Waals surface area contributed by atoms with Crippen LogP contribution in [-0.2, 0) is 14.3 Å². The molecule has 10 heteroatoms. The van der Waals surface area contributed by atoms with Gasteiger partial charge in [0, 0.05) is 17.7 Å². The van der Waals surface area contributed by atoms with Crippen molar-refractivity contribution in [3.63, 3.8) is 0 Å². The van der Waals surface area contributed by atoms with E-state index in [9.17, 15) is 24.5 Å². The van der Waals surface area contributed by atoms with Crippen LogP contribution in [0.25, 0.3) is 0 Å². The molecule has 158 valence electrons. The lowest BCUT2D eigenvalue weighted by Crippen LogP contribution is -2.35. The van der Waals surface area contributed by atoms with Crippen molar-refractivity contribution in [2.24, 2.45) is 0 Å². The zero-order valence-electron chi connectivity index (χ0n) is 16.5. The summed E-state index contributed by atoms with van der Waals surface area (Å²) in [6, 6.07) is 8.71. The van der Waals surface area contributed by atoms with Crippen LogP contribution in [0.2, 0.25) is 5.02 Å². The third-order valence-electron chi connectivity index (χ3n) is 4.26. The molecule has 0 saturated carbocycles. The number of aryl methyl sites for hydroxylation is 2. The first-order valence-electron chi connectivity index (χ1n) is 8.88. The van der Waals surface area contributed by atoms with Gasteiger partial charge in [-0.15, -0.1) is 0 Å². The molecule has 2 aromatic carbocycles. The molecule has 2 aromatic rings. The zero-order chi connectivity index (χ0) is 22.4. The normalized spacial score (nSPS) is 11.3. The number of rotatable bonds is 7. The second-order valence-corrected chi connectivity index (χ2v) is 6.93. The van der Waals surface area contributed by atoms with Crippen LogP contribution in [0.3, 0.4) is 0 Å². The third-order valence-corrected chi connectivity index (χ3v) is 4.57. The SMILES string of the molecule is Cc1ccc(C(=O)NCC(=O)OC(C)C(=O)Nc2ccc([N+](=O)[O-])cc2Cl)cc1C. The Morgan fingerprint density at radius 2 is 1.83 bits per heavy atom. The summed E-state index contributed by atoms with van der Waals surface area (Å²) in [6.45, 7) is 4.72. The number of esters is 1. The van der Waals surface area contributed by atoms with E-state index in [-0.39, 0.29) is 16.4 Å². The number of nitrogens with zero attached hydrogens (tertiary/aromatic N) is 1. The first-order valence-corrected chi connectivity index (χ1v) is 9.26. The molecule has 0 spiro atoms. The minimum atomic E-state index is -1.18. The lowest BCUT2D eigenvalue weighted by molar-refractivity contribution is -0.384. The number of nitro groups is 1. The van der Waals surface area contributed by atoms with Gasteiger partial charge in [-0.05, 0) is 50.1 Å². The van der Waals surface area contributed by atoms with Crippen LogP contribution in [0, 0.1) is 24.0 Å². The molecule has 0 aliphatic rings. The Labute approximate surface area is 177 Å². The average molecular weight is 434 g/mol. The van der Waals surface area contributed by atoms with E-state index >= 15 is 0 Å². The van der Waals surface area contributed by atoms with Crippen molar-refractivity contribution < 1.29 is 24.0 Å². The molecule has 0 bridgehead atoms. The fourth-order valence-corrected chi connectivity index (χ4v) is 2.60. The first kappa shape index (κ1) is 22.8. The van der Waals surface area contributed by atoms with Crippen molar-refractivity contribution in [1.29, 1.82) is 0 Å². The summed E-state index contributed by atoms with van der Waals surface area (Å²) >= 11 is 5.92. The Morgan fingerprint density at radius 1 is 1.13 bits per heavy atom. The number of hydrogen-bond donors (Lipinski definition) is 2. The summed E-state index contributed by atoms with van der Waals surface area (Å²) in [7, 11) is 0. The molecule has 0 fully saturated rings. The smallest absolute Gasteiger partial charge is 0.326 e. The van der Waals surface area contributed by atoms with E-state index in [0.29, 0.717) is 5.56 Å². The van der Waals surface area contributed by atoms with Gasteiger partial charge in [0.2, 0.25) is 0 Å².